The lowest BCUT2D eigenvalue weighted by molar-refractivity contribution is -0.688. The molecule has 19 heavy (non-hydrogen) atoms. The zero-order chi connectivity index (χ0) is 13.8. The second-order valence-corrected chi connectivity index (χ2v) is 4.51. The number of hydrogen-bond acceptors (Lipinski definition) is 3. The standard InChI is InChI=1S/C14H16N3O2/c1-15(2)13-7-9-16(10-8-13)11-12-5-3-4-6-14(12)17(18)19/h3-10H,11H2,1-2H3/q+1. The van der Waals surface area contributed by atoms with Crippen molar-refractivity contribution in [3.63, 3.8) is 0 Å². The van der Waals surface area contributed by atoms with Crippen LogP contribution in [0, 0.1) is 10.1 Å². The van der Waals surface area contributed by atoms with Crippen molar-refractivity contribution in [2.75, 3.05) is 19.0 Å². The Kier molecular flexibility index (Phi) is 3.75. The second-order valence-electron chi connectivity index (χ2n) is 4.51. The van der Waals surface area contributed by atoms with E-state index in [0.717, 1.165) is 5.69 Å². The Morgan fingerprint density at radius 1 is 1.16 bits per heavy atom. The summed E-state index contributed by atoms with van der Waals surface area (Å²) < 4.78 is 1.93. The van der Waals surface area contributed by atoms with Gasteiger partial charge in [0.2, 0.25) is 0 Å². The van der Waals surface area contributed by atoms with Gasteiger partial charge in [0.05, 0.1) is 10.5 Å². The number of nitrogens with zero attached hydrogens (tertiary/aromatic N) is 3. The number of anilines is 1. The highest BCUT2D eigenvalue weighted by molar-refractivity contribution is 5.42. The minimum absolute atomic E-state index is 0.159. The fraction of sp³-hybridized carbons (Fsp3) is 0.214. The molecule has 0 spiro atoms. The van der Waals surface area contributed by atoms with Crippen LogP contribution in [0.4, 0.5) is 11.4 Å². The summed E-state index contributed by atoms with van der Waals surface area (Å²) in [5, 5.41) is 10.9. The molecule has 0 atom stereocenters. The maximum Gasteiger partial charge on any atom is 0.278 e. The third-order valence-corrected chi connectivity index (χ3v) is 2.93. The molecule has 0 aliphatic rings. The Hall–Kier alpha value is -2.43. The van der Waals surface area contributed by atoms with Crippen molar-refractivity contribution in [3.8, 4) is 0 Å². The topological polar surface area (TPSA) is 50.3 Å². The number of nitro groups is 1. The summed E-state index contributed by atoms with van der Waals surface area (Å²) in [5.74, 6) is 0. The third kappa shape index (κ3) is 3.07. The molecule has 0 radical (unpaired) electrons. The molecule has 0 unspecified atom stereocenters. The van der Waals surface area contributed by atoms with Gasteiger partial charge in [-0.2, -0.15) is 0 Å². The van der Waals surface area contributed by atoms with Gasteiger partial charge in [-0.25, -0.2) is 4.57 Å². The number of para-hydroxylation sites is 1. The number of rotatable bonds is 4. The quantitative estimate of drug-likeness (QED) is 0.479. The van der Waals surface area contributed by atoms with Crippen LogP contribution in [0.3, 0.4) is 0 Å². The fourth-order valence-electron chi connectivity index (χ4n) is 1.87. The van der Waals surface area contributed by atoms with Crippen LogP contribution in [-0.4, -0.2) is 19.0 Å². The number of aromatic nitrogens is 1. The van der Waals surface area contributed by atoms with Crippen molar-refractivity contribution < 1.29 is 9.49 Å². The van der Waals surface area contributed by atoms with Gasteiger partial charge in [0.25, 0.3) is 5.69 Å². The smallest absolute Gasteiger partial charge is 0.278 e. The average molecular weight is 258 g/mol. The Balaban J connectivity index is 2.24. The van der Waals surface area contributed by atoms with Gasteiger partial charge in [-0.05, 0) is 6.07 Å². The molecule has 0 N–H and O–H groups in total. The van der Waals surface area contributed by atoms with E-state index in [2.05, 4.69) is 0 Å². The Morgan fingerprint density at radius 3 is 2.37 bits per heavy atom. The van der Waals surface area contributed by atoms with Crippen LogP contribution in [0.2, 0.25) is 0 Å². The highest BCUT2D eigenvalue weighted by Gasteiger charge is 2.15. The molecular weight excluding hydrogens is 242 g/mol. The molecule has 1 aromatic heterocycles. The van der Waals surface area contributed by atoms with E-state index in [1.54, 1.807) is 12.1 Å². The van der Waals surface area contributed by atoms with E-state index in [9.17, 15) is 10.1 Å². The molecule has 0 fully saturated rings. The summed E-state index contributed by atoms with van der Waals surface area (Å²) in [7, 11) is 3.95. The summed E-state index contributed by atoms with van der Waals surface area (Å²) in [6.45, 7) is 0.491. The molecule has 98 valence electrons. The predicted octanol–water partition coefficient (Wildman–Crippen LogP) is 2.00. The van der Waals surface area contributed by atoms with E-state index < -0.39 is 0 Å². The van der Waals surface area contributed by atoms with Crippen molar-refractivity contribution in [1.82, 2.24) is 0 Å². The third-order valence-electron chi connectivity index (χ3n) is 2.93. The van der Waals surface area contributed by atoms with Crippen LogP contribution >= 0.6 is 0 Å². The summed E-state index contributed by atoms with van der Waals surface area (Å²) in [5.41, 5.74) is 1.96. The zero-order valence-corrected chi connectivity index (χ0v) is 11.0. The molecule has 0 amide bonds. The molecule has 5 nitrogen and oxygen atoms in total. The molecule has 0 saturated carbocycles. The van der Waals surface area contributed by atoms with E-state index in [1.165, 1.54) is 6.07 Å². The van der Waals surface area contributed by atoms with Crippen LogP contribution in [0.15, 0.2) is 48.8 Å². The summed E-state index contributed by atoms with van der Waals surface area (Å²) in [6.07, 6.45) is 3.85. The Morgan fingerprint density at radius 2 is 1.79 bits per heavy atom. The second kappa shape index (κ2) is 5.48. The highest BCUT2D eigenvalue weighted by atomic mass is 16.6. The van der Waals surface area contributed by atoms with Crippen LogP contribution < -0.4 is 9.47 Å². The van der Waals surface area contributed by atoms with Gasteiger partial charge >= 0.3 is 0 Å². The van der Waals surface area contributed by atoms with Gasteiger partial charge in [0.1, 0.15) is 0 Å². The van der Waals surface area contributed by atoms with Gasteiger partial charge in [-0.1, -0.05) is 12.1 Å². The van der Waals surface area contributed by atoms with E-state index in [1.807, 2.05) is 54.2 Å². The maximum atomic E-state index is 10.9. The average Bonchev–Trinajstić information content (AvgIpc) is 2.39. The van der Waals surface area contributed by atoms with Crippen LogP contribution in [0.1, 0.15) is 5.56 Å². The molecule has 1 heterocycles. The monoisotopic (exact) mass is 258 g/mol. The minimum Gasteiger partial charge on any atom is -0.377 e. The van der Waals surface area contributed by atoms with Gasteiger partial charge in [0.15, 0.2) is 18.9 Å². The van der Waals surface area contributed by atoms with Gasteiger partial charge < -0.3 is 4.90 Å². The first kappa shape index (κ1) is 13.0. The van der Waals surface area contributed by atoms with Crippen molar-refractivity contribution in [2.24, 2.45) is 0 Å². The summed E-state index contributed by atoms with van der Waals surface area (Å²) >= 11 is 0. The first-order valence-corrected chi connectivity index (χ1v) is 5.96. The van der Waals surface area contributed by atoms with E-state index in [4.69, 9.17) is 0 Å². The number of hydrogen-bond donors (Lipinski definition) is 0. The summed E-state index contributed by atoms with van der Waals surface area (Å²) in [6, 6.07) is 10.8. The Bertz CT molecular complexity index is 579. The molecule has 2 rings (SSSR count). The molecule has 0 saturated heterocycles. The largest absolute Gasteiger partial charge is 0.377 e. The van der Waals surface area contributed by atoms with Crippen LogP contribution in [0.5, 0.6) is 0 Å². The van der Waals surface area contributed by atoms with E-state index in [-0.39, 0.29) is 10.6 Å². The molecule has 2 aromatic rings. The molecule has 5 heteroatoms. The van der Waals surface area contributed by atoms with Crippen molar-refractivity contribution in [1.29, 1.82) is 0 Å². The molecule has 0 aliphatic carbocycles. The van der Waals surface area contributed by atoms with E-state index >= 15 is 0 Å². The predicted molar refractivity (Wildman–Crippen MR) is 73.2 cm³/mol. The number of benzene rings is 1. The normalized spacial score (nSPS) is 10.2. The van der Waals surface area contributed by atoms with Crippen molar-refractivity contribution in [3.05, 3.63) is 64.5 Å². The minimum atomic E-state index is -0.343. The molecule has 0 aliphatic heterocycles. The molecular formula is C14H16N3O2+. The van der Waals surface area contributed by atoms with Gasteiger partial charge in [-0.15, -0.1) is 0 Å². The van der Waals surface area contributed by atoms with Crippen LogP contribution in [0.25, 0.3) is 0 Å². The lowest BCUT2D eigenvalue weighted by Gasteiger charge is -2.10. The highest BCUT2D eigenvalue weighted by Crippen LogP contribution is 2.17. The first-order valence-electron chi connectivity index (χ1n) is 5.96. The van der Waals surface area contributed by atoms with Crippen molar-refractivity contribution >= 4 is 11.4 Å². The zero-order valence-electron chi connectivity index (χ0n) is 11.0. The van der Waals surface area contributed by atoms with Gasteiger partial charge in [-0.3, -0.25) is 10.1 Å². The number of nitro benzene ring substituents is 1. The molecule has 1 aromatic carbocycles. The maximum absolute atomic E-state index is 10.9. The Labute approximate surface area is 111 Å². The fourth-order valence-corrected chi connectivity index (χ4v) is 1.87. The van der Waals surface area contributed by atoms with Crippen molar-refractivity contribution in [2.45, 2.75) is 6.54 Å². The van der Waals surface area contributed by atoms with Crippen LogP contribution in [-0.2, 0) is 6.54 Å². The lowest BCUT2D eigenvalue weighted by Crippen LogP contribution is -2.33. The van der Waals surface area contributed by atoms with Gasteiger partial charge in [0, 0.05) is 38.0 Å². The summed E-state index contributed by atoms with van der Waals surface area (Å²) in [4.78, 5) is 12.6. The lowest BCUT2D eigenvalue weighted by atomic mass is 10.2. The molecule has 0 bridgehead atoms. The SMILES string of the molecule is CN(C)c1cc[n+](Cc2ccccc2[N+](=O)[O-])cc1. The van der Waals surface area contributed by atoms with E-state index in [0.29, 0.717) is 12.1 Å². The first-order chi connectivity index (χ1) is 9.08. The number of pyridine rings is 1.